The van der Waals surface area contributed by atoms with E-state index in [1.54, 1.807) is 39.2 Å². The summed E-state index contributed by atoms with van der Waals surface area (Å²) < 4.78 is 50.3. The molecule has 240 valence electrons. The van der Waals surface area contributed by atoms with Crippen LogP contribution in [0.15, 0.2) is 42.7 Å². The van der Waals surface area contributed by atoms with Gasteiger partial charge in [0.2, 0.25) is 0 Å². The Morgan fingerprint density at radius 3 is 2.49 bits per heavy atom. The molecule has 3 aromatic rings. The van der Waals surface area contributed by atoms with E-state index in [9.17, 15) is 22.8 Å². The van der Waals surface area contributed by atoms with Crippen LogP contribution in [0.25, 0.3) is 0 Å². The maximum absolute atomic E-state index is 14.4. The highest BCUT2D eigenvalue weighted by Crippen LogP contribution is 2.52. The number of nitrogens with one attached hydrogen (secondary N) is 1. The standard InChI is InChI=1S/C33H39F3N6O3/c1-20-12-32(13-20,29-39-38-19-40(29)5)23-7-6-8-24(11-23)42-18-26-25(28(42)43)9-21(10-27(26)33(34,35)36)15-41-16-22(17-41)14-37-30(44)45-31(2,3)4/h6-11,19-20,22H,12-18H2,1-5H3,(H,37,44). The monoisotopic (exact) mass is 624 g/mol. The van der Waals surface area contributed by atoms with Crippen molar-refractivity contribution in [2.24, 2.45) is 18.9 Å². The van der Waals surface area contributed by atoms with Gasteiger partial charge in [0, 0.05) is 50.4 Å². The van der Waals surface area contributed by atoms with Gasteiger partial charge in [-0.2, -0.15) is 13.2 Å². The van der Waals surface area contributed by atoms with E-state index in [1.165, 1.54) is 11.0 Å². The van der Waals surface area contributed by atoms with Crippen LogP contribution in [0.5, 0.6) is 0 Å². The first-order valence-electron chi connectivity index (χ1n) is 15.3. The highest BCUT2D eigenvalue weighted by molar-refractivity contribution is 6.10. The van der Waals surface area contributed by atoms with Crippen LogP contribution < -0.4 is 10.2 Å². The number of anilines is 1. The predicted molar refractivity (Wildman–Crippen MR) is 162 cm³/mol. The fourth-order valence-corrected chi connectivity index (χ4v) is 7.12. The Hall–Kier alpha value is -3.93. The van der Waals surface area contributed by atoms with E-state index >= 15 is 0 Å². The fraction of sp³-hybridized carbons (Fsp3) is 0.515. The first kappa shape index (κ1) is 31.1. The molecule has 3 heterocycles. The van der Waals surface area contributed by atoms with Crippen molar-refractivity contribution < 1.29 is 27.5 Å². The molecule has 0 atom stereocenters. The molecule has 12 heteroatoms. The Bertz CT molecular complexity index is 1620. The summed E-state index contributed by atoms with van der Waals surface area (Å²) in [5.74, 6) is 1.06. The Morgan fingerprint density at radius 1 is 1.13 bits per heavy atom. The Morgan fingerprint density at radius 2 is 1.87 bits per heavy atom. The zero-order chi connectivity index (χ0) is 32.3. The fourth-order valence-electron chi connectivity index (χ4n) is 7.12. The molecule has 0 unspecified atom stereocenters. The summed E-state index contributed by atoms with van der Waals surface area (Å²) in [6, 6.07) is 10.3. The Labute approximate surface area is 260 Å². The number of likely N-dealkylation sites (tertiary alicyclic amines) is 1. The molecule has 2 fully saturated rings. The summed E-state index contributed by atoms with van der Waals surface area (Å²) in [5, 5.41) is 11.2. The first-order valence-corrected chi connectivity index (χ1v) is 15.3. The summed E-state index contributed by atoms with van der Waals surface area (Å²) in [7, 11) is 1.90. The number of carbonyl (C=O) groups excluding carboxylic acids is 2. The third-order valence-electron chi connectivity index (χ3n) is 9.02. The van der Waals surface area contributed by atoms with Crippen LogP contribution in [0.1, 0.15) is 79.0 Å². The molecule has 1 saturated heterocycles. The highest BCUT2D eigenvalue weighted by Gasteiger charge is 2.48. The first-order chi connectivity index (χ1) is 21.1. The number of benzene rings is 2. The van der Waals surface area contributed by atoms with Crippen LogP contribution in [0.3, 0.4) is 0 Å². The van der Waals surface area contributed by atoms with Crippen molar-refractivity contribution in [2.45, 2.75) is 70.8 Å². The van der Waals surface area contributed by atoms with E-state index < -0.39 is 29.3 Å². The van der Waals surface area contributed by atoms with Crippen LogP contribution in [0, 0.1) is 11.8 Å². The molecule has 6 rings (SSSR count). The van der Waals surface area contributed by atoms with Crippen LogP contribution in [-0.2, 0) is 36.5 Å². The number of aryl methyl sites for hydroxylation is 1. The lowest BCUT2D eigenvalue weighted by atomic mass is 9.58. The van der Waals surface area contributed by atoms with Gasteiger partial charge >= 0.3 is 12.3 Å². The van der Waals surface area contributed by atoms with Crippen LogP contribution in [0.2, 0.25) is 0 Å². The number of fused-ring (bicyclic) bond motifs is 1. The van der Waals surface area contributed by atoms with Gasteiger partial charge in [-0.1, -0.05) is 19.1 Å². The molecular weight excluding hydrogens is 585 g/mol. The maximum atomic E-state index is 14.4. The summed E-state index contributed by atoms with van der Waals surface area (Å²) >= 11 is 0. The minimum absolute atomic E-state index is 0.00461. The quantitative estimate of drug-likeness (QED) is 0.365. The second kappa shape index (κ2) is 11.1. The second-order valence-corrected chi connectivity index (χ2v) is 13.9. The second-order valence-electron chi connectivity index (χ2n) is 13.9. The van der Waals surface area contributed by atoms with E-state index in [0.717, 1.165) is 24.2 Å². The van der Waals surface area contributed by atoms with Crippen molar-refractivity contribution in [3.63, 3.8) is 0 Å². The summed E-state index contributed by atoms with van der Waals surface area (Å²) in [5.41, 5.74) is 0.347. The number of alkyl carbamates (subject to hydrolysis) is 1. The third kappa shape index (κ3) is 6.04. The van der Waals surface area contributed by atoms with Crippen LogP contribution in [0.4, 0.5) is 23.7 Å². The topological polar surface area (TPSA) is 92.6 Å². The van der Waals surface area contributed by atoms with Gasteiger partial charge in [-0.25, -0.2) is 4.79 Å². The molecule has 1 saturated carbocycles. The zero-order valence-electron chi connectivity index (χ0n) is 26.2. The zero-order valence-corrected chi connectivity index (χ0v) is 26.2. The number of hydrogen-bond acceptors (Lipinski definition) is 6. The number of amides is 2. The van der Waals surface area contributed by atoms with Gasteiger partial charge in [0.15, 0.2) is 0 Å². The lowest BCUT2D eigenvalue weighted by molar-refractivity contribution is -0.138. The molecule has 0 bridgehead atoms. The largest absolute Gasteiger partial charge is 0.444 e. The number of ether oxygens (including phenoxy) is 1. The van der Waals surface area contributed by atoms with Gasteiger partial charge in [-0.15, -0.1) is 10.2 Å². The molecule has 45 heavy (non-hydrogen) atoms. The number of nitrogens with zero attached hydrogens (tertiary/aromatic N) is 5. The molecule has 2 amide bonds. The molecule has 9 nitrogen and oxygen atoms in total. The normalized spacial score (nSPS) is 22.2. The minimum atomic E-state index is -4.61. The summed E-state index contributed by atoms with van der Waals surface area (Å²) in [4.78, 5) is 29.1. The van der Waals surface area contributed by atoms with Gasteiger partial charge < -0.3 is 19.5 Å². The molecular formula is C33H39F3N6O3. The van der Waals surface area contributed by atoms with Crippen molar-refractivity contribution in [3.8, 4) is 0 Å². The van der Waals surface area contributed by atoms with E-state index in [-0.39, 0.29) is 35.5 Å². The average molecular weight is 625 g/mol. The van der Waals surface area contributed by atoms with E-state index in [2.05, 4.69) is 22.4 Å². The number of alkyl halides is 3. The number of halogens is 3. The third-order valence-corrected chi connectivity index (χ3v) is 9.02. The number of aromatic nitrogens is 3. The van der Waals surface area contributed by atoms with E-state index in [4.69, 9.17) is 4.74 Å². The number of hydrogen-bond donors (Lipinski definition) is 1. The molecule has 1 aromatic heterocycles. The molecule has 1 aliphatic carbocycles. The minimum Gasteiger partial charge on any atom is -0.444 e. The molecule has 0 spiro atoms. The lowest BCUT2D eigenvalue weighted by Crippen LogP contribution is -2.51. The van der Waals surface area contributed by atoms with Gasteiger partial charge in [0.1, 0.15) is 17.8 Å². The van der Waals surface area contributed by atoms with Crippen molar-refractivity contribution in [1.29, 1.82) is 0 Å². The Kier molecular flexibility index (Phi) is 7.70. The van der Waals surface area contributed by atoms with Gasteiger partial charge in [-0.3, -0.25) is 9.69 Å². The number of rotatable bonds is 7. The Balaban J connectivity index is 1.19. The van der Waals surface area contributed by atoms with Gasteiger partial charge in [-0.05, 0) is 80.5 Å². The van der Waals surface area contributed by atoms with Crippen LogP contribution >= 0.6 is 0 Å². The van der Waals surface area contributed by atoms with Crippen molar-refractivity contribution in [2.75, 3.05) is 24.5 Å². The average Bonchev–Trinajstić information content (AvgIpc) is 3.49. The summed E-state index contributed by atoms with van der Waals surface area (Å²) in [6.07, 6.45) is -1.69. The van der Waals surface area contributed by atoms with Crippen molar-refractivity contribution in [3.05, 3.63) is 76.4 Å². The SMILES string of the molecule is CC1CC(c2cccc(N3Cc4c(cc(CN5CC(CNC(=O)OC(C)(C)C)C5)cc4C(F)(F)F)C3=O)c2)(c2nncn2C)C1. The molecule has 0 radical (unpaired) electrons. The maximum Gasteiger partial charge on any atom is 0.416 e. The van der Waals surface area contributed by atoms with E-state index in [1.807, 2.05) is 34.7 Å². The molecule has 2 aromatic carbocycles. The summed E-state index contributed by atoms with van der Waals surface area (Å²) in [6.45, 7) is 9.33. The molecule has 1 N–H and O–H groups in total. The van der Waals surface area contributed by atoms with Crippen molar-refractivity contribution >= 4 is 17.7 Å². The van der Waals surface area contributed by atoms with Gasteiger partial charge in [0.05, 0.1) is 17.5 Å². The van der Waals surface area contributed by atoms with Crippen molar-refractivity contribution in [1.82, 2.24) is 25.0 Å². The van der Waals surface area contributed by atoms with Gasteiger partial charge in [0.25, 0.3) is 5.91 Å². The van der Waals surface area contributed by atoms with E-state index in [0.29, 0.717) is 36.8 Å². The lowest BCUT2D eigenvalue weighted by Gasteiger charge is -2.46. The number of carbonyl (C=O) groups is 2. The molecule has 2 aliphatic heterocycles. The molecule has 3 aliphatic rings. The van der Waals surface area contributed by atoms with Crippen LogP contribution in [-0.4, -0.2) is 56.9 Å². The predicted octanol–water partition coefficient (Wildman–Crippen LogP) is 5.67. The highest BCUT2D eigenvalue weighted by atomic mass is 19.4. The smallest absolute Gasteiger partial charge is 0.416 e.